The first-order valence-corrected chi connectivity index (χ1v) is 10.9. The molecule has 4 heterocycles. The Balaban J connectivity index is 1.81. The molecule has 9 heteroatoms. The Morgan fingerprint density at radius 1 is 1.28 bits per heavy atom. The predicted molar refractivity (Wildman–Crippen MR) is 97.9 cm³/mol. The van der Waals surface area contributed by atoms with Crippen molar-refractivity contribution in [2.75, 3.05) is 33.7 Å². The van der Waals surface area contributed by atoms with Crippen molar-refractivity contribution < 1.29 is 13.2 Å². The number of nitrogens with zero attached hydrogens (tertiary/aromatic N) is 4. The SMILES string of the molecule is CC(C)c1nc(C(=O)N2C[C@@H]3CC[C@H]2CN(S(=O)(=O)N(C)C)C3)cs1. The van der Waals surface area contributed by atoms with Crippen LogP contribution in [0.4, 0.5) is 0 Å². The highest BCUT2D eigenvalue weighted by atomic mass is 32.2. The Hall–Kier alpha value is -1.03. The molecular weight excluding hydrogens is 360 g/mol. The van der Waals surface area contributed by atoms with Crippen molar-refractivity contribution in [3.8, 4) is 0 Å². The number of hydrogen-bond acceptors (Lipinski definition) is 5. The highest BCUT2D eigenvalue weighted by molar-refractivity contribution is 7.86. The van der Waals surface area contributed by atoms with Gasteiger partial charge in [-0.25, -0.2) is 4.98 Å². The number of amides is 1. The minimum atomic E-state index is -3.45. The number of hydrogen-bond donors (Lipinski definition) is 0. The minimum Gasteiger partial charge on any atom is -0.333 e. The number of piperidine rings is 1. The van der Waals surface area contributed by atoms with E-state index in [0.717, 1.165) is 17.8 Å². The Kier molecular flexibility index (Phi) is 5.21. The summed E-state index contributed by atoms with van der Waals surface area (Å²) in [6, 6.07) is -0.0785. The van der Waals surface area contributed by atoms with Crippen molar-refractivity contribution in [1.29, 1.82) is 0 Å². The van der Waals surface area contributed by atoms with Crippen LogP contribution < -0.4 is 0 Å². The van der Waals surface area contributed by atoms with Gasteiger partial charge >= 0.3 is 0 Å². The second kappa shape index (κ2) is 6.94. The molecule has 0 N–H and O–H groups in total. The molecule has 25 heavy (non-hydrogen) atoms. The van der Waals surface area contributed by atoms with Crippen molar-refractivity contribution in [2.45, 2.75) is 38.6 Å². The van der Waals surface area contributed by atoms with E-state index < -0.39 is 10.2 Å². The van der Waals surface area contributed by atoms with E-state index in [0.29, 0.717) is 31.2 Å². The largest absolute Gasteiger partial charge is 0.333 e. The van der Waals surface area contributed by atoms with E-state index in [1.807, 2.05) is 10.3 Å². The van der Waals surface area contributed by atoms with Gasteiger partial charge < -0.3 is 4.90 Å². The second-order valence-electron chi connectivity index (χ2n) is 7.39. The quantitative estimate of drug-likeness (QED) is 0.788. The van der Waals surface area contributed by atoms with Gasteiger partial charge in [0.1, 0.15) is 5.69 Å². The van der Waals surface area contributed by atoms with Crippen LogP contribution in [0.2, 0.25) is 0 Å². The van der Waals surface area contributed by atoms with E-state index in [4.69, 9.17) is 0 Å². The predicted octanol–water partition coefficient (Wildman–Crippen LogP) is 1.61. The average Bonchev–Trinajstić information content (AvgIpc) is 2.86. The van der Waals surface area contributed by atoms with Crippen LogP contribution in [0.5, 0.6) is 0 Å². The third-order valence-electron chi connectivity index (χ3n) is 4.96. The monoisotopic (exact) mass is 386 g/mol. The topological polar surface area (TPSA) is 73.8 Å². The lowest BCUT2D eigenvalue weighted by molar-refractivity contribution is 0.0583. The van der Waals surface area contributed by atoms with E-state index >= 15 is 0 Å². The number of carbonyl (C=O) groups is 1. The summed E-state index contributed by atoms with van der Waals surface area (Å²) in [5.41, 5.74) is 0.489. The summed E-state index contributed by atoms with van der Waals surface area (Å²) in [7, 11) is -0.356. The van der Waals surface area contributed by atoms with Gasteiger partial charge in [-0.15, -0.1) is 11.3 Å². The molecular formula is C16H26N4O3S2. The van der Waals surface area contributed by atoms with Gasteiger partial charge in [-0.2, -0.15) is 17.0 Å². The van der Waals surface area contributed by atoms with Gasteiger partial charge in [0.05, 0.1) is 5.01 Å². The summed E-state index contributed by atoms with van der Waals surface area (Å²) in [4.78, 5) is 19.3. The second-order valence-corrected chi connectivity index (χ2v) is 10.4. The van der Waals surface area contributed by atoms with Crippen LogP contribution in [-0.2, 0) is 10.2 Å². The normalized spacial score (nSPS) is 25.0. The Morgan fingerprint density at radius 3 is 2.60 bits per heavy atom. The number of thiazole rings is 1. The van der Waals surface area contributed by atoms with E-state index in [-0.39, 0.29) is 17.9 Å². The molecule has 3 saturated heterocycles. The van der Waals surface area contributed by atoms with Crippen LogP contribution in [0.1, 0.15) is 48.1 Å². The lowest BCUT2D eigenvalue weighted by Crippen LogP contribution is -2.48. The highest BCUT2D eigenvalue weighted by Gasteiger charge is 2.41. The van der Waals surface area contributed by atoms with Gasteiger partial charge in [0, 0.05) is 51.1 Å². The van der Waals surface area contributed by atoms with Gasteiger partial charge in [-0.05, 0) is 18.8 Å². The van der Waals surface area contributed by atoms with Crippen LogP contribution in [0.3, 0.4) is 0 Å². The van der Waals surface area contributed by atoms with Crippen LogP contribution in [0.25, 0.3) is 0 Å². The third kappa shape index (κ3) is 3.60. The maximum absolute atomic E-state index is 13.0. The maximum atomic E-state index is 13.0. The zero-order valence-electron chi connectivity index (χ0n) is 15.2. The van der Waals surface area contributed by atoms with Gasteiger partial charge in [-0.1, -0.05) is 13.8 Å². The van der Waals surface area contributed by atoms with Gasteiger partial charge in [0.15, 0.2) is 0 Å². The average molecular weight is 387 g/mol. The lowest BCUT2D eigenvalue weighted by atomic mass is 9.95. The molecule has 1 aromatic rings. The molecule has 140 valence electrons. The fraction of sp³-hybridized carbons (Fsp3) is 0.750. The Bertz CT molecular complexity index is 744. The first-order chi connectivity index (χ1) is 11.7. The van der Waals surface area contributed by atoms with E-state index in [1.165, 1.54) is 19.9 Å². The number of rotatable bonds is 4. The highest BCUT2D eigenvalue weighted by Crippen LogP contribution is 2.31. The van der Waals surface area contributed by atoms with E-state index in [9.17, 15) is 13.2 Å². The zero-order valence-corrected chi connectivity index (χ0v) is 16.8. The fourth-order valence-corrected chi connectivity index (χ4v) is 5.54. The molecule has 1 aromatic heterocycles. The van der Waals surface area contributed by atoms with Crippen molar-refractivity contribution >= 4 is 27.5 Å². The fourth-order valence-electron chi connectivity index (χ4n) is 3.51. The zero-order chi connectivity index (χ0) is 18.4. The molecule has 0 spiro atoms. The molecule has 3 aliphatic rings. The van der Waals surface area contributed by atoms with Crippen molar-refractivity contribution in [1.82, 2.24) is 18.5 Å². The molecule has 4 rings (SSSR count). The third-order valence-corrected chi connectivity index (χ3v) is 7.98. The summed E-state index contributed by atoms with van der Waals surface area (Å²) < 4.78 is 27.8. The van der Waals surface area contributed by atoms with Crippen LogP contribution in [0.15, 0.2) is 5.38 Å². The summed E-state index contributed by atoms with van der Waals surface area (Å²) in [6.45, 7) is 5.58. The molecule has 3 fully saturated rings. The van der Waals surface area contributed by atoms with Crippen molar-refractivity contribution in [2.24, 2.45) is 5.92 Å². The molecule has 1 amide bonds. The molecule has 2 bridgehead atoms. The number of carbonyl (C=O) groups excluding carboxylic acids is 1. The molecule has 0 radical (unpaired) electrons. The minimum absolute atomic E-state index is 0.0676. The number of aromatic nitrogens is 1. The van der Waals surface area contributed by atoms with E-state index in [2.05, 4.69) is 18.8 Å². The van der Waals surface area contributed by atoms with Crippen LogP contribution >= 0.6 is 11.3 Å². The van der Waals surface area contributed by atoms with E-state index in [1.54, 1.807) is 14.1 Å². The van der Waals surface area contributed by atoms with Crippen molar-refractivity contribution in [3.05, 3.63) is 16.1 Å². The summed E-state index contributed by atoms with van der Waals surface area (Å²) >= 11 is 1.51. The first-order valence-electron chi connectivity index (χ1n) is 8.64. The number of fused-ring (bicyclic) bond motifs is 4. The van der Waals surface area contributed by atoms with Crippen molar-refractivity contribution in [3.63, 3.8) is 0 Å². The van der Waals surface area contributed by atoms with Gasteiger partial charge in [-0.3, -0.25) is 4.79 Å². The molecule has 7 nitrogen and oxygen atoms in total. The van der Waals surface area contributed by atoms with Crippen LogP contribution in [0, 0.1) is 5.92 Å². The molecule has 0 aliphatic carbocycles. The Labute approximate surface area is 153 Å². The molecule has 3 aliphatic heterocycles. The molecule has 0 aromatic carbocycles. The maximum Gasteiger partial charge on any atom is 0.281 e. The van der Waals surface area contributed by atoms with Gasteiger partial charge in [0.25, 0.3) is 16.1 Å². The molecule has 0 saturated carbocycles. The molecule has 0 unspecified atom stereocenters. The Morgan fingerprint density at radius 2 is 2.00 bits per heavy atom. The smallest absolute Gasteiger partial charge is 0.281 e. The molecule has 2 atom stereocenters. The first kappa shape index (κ1) is 18.8. The van der Waals surface area contributed by atoms with Gasteiger partial charge in [0.2, 0.25) is 0 Å². The standard InChI is InChI=1S/C16H26N4O3S2/c1-11(2)15-17-14(10-24-15)16(21)20-8-12-5-6-13(20)9-19(7-12)25(22,23)18(3)4/h10-13H,5-9H2,1-4H3/t12-,13+/m1/s1. The van der Waals surface area contributed by atoms with Crippen LogP contribution in [-0.4, -0.2) is 72.6 Å². The summed E-state index contributed by atoms with van der Waals surface area (Å²) in [5, 5.41) is 2.78. The summed E-state index contributed by atoms with van der Waals surface area (Å²) in [6.07, 6.45) is 1.80. The summed E-state index contributed by atoms with van der Waals surface area (Å²) in [5.74, 6) is 0.412. The lowest BCUT2D eigenvalue weighted by Gasteiger charge is -2.35.